The van der Waals surface area contributed by atoms with Gasteiger partial charge in [-0.05, 0) is 20.4 Å². The Kier molecular flexibility index (Phi) is 6.19. The first kappa shape index (κ1) is 15.4. The minimum atomic E-state index is -0.991. The van der Waals surface area contributed by atoms with Gasteiger partial charge < -0.3 is 10.4 Å². The fourth-order valence-electron chi connectivity index (χ4n) is 1.37. The maximum Gasteiger partial charge on any atom is 0.321 e. The lowest BCUT2D eigenvalue weighted by Crippen LogP contribution is -2.52. The summed E-state index contributed by atoms with van der Waals surface area (Å²) in [5.74, 6) is -1.53. The Morgan fingerprint density at radius 3 is 2.24 bits per heavy atom. The summed E-state index contributed by atoms with van der Waals surface area (Å²) >= 11 is 0. The molecule has 0 radical (unpaired) electrons. The summed E-state index contributed by atoms with van der Waals surface area (Å²) in [4.78, 5) is 34.9. The molecule has 0 aliphatic heterocycles. The Hall–Kier alpha value is -1.63. The lowest BCUT2D eigenvalue weighted by atomic mass is 10.1. The maximum absolute atomic E-state index is 11.6. The van der Waals surface area contributed by atoms with Crippen molar-refractivity contribution in [3.63, 3.8) is 0 Å². The van der Waals surface area contributed by atoms with Gasteiger partial charge in [0.1, 0.15) is 6.04 Å². The molecular weight excluding hydrogens is 226 g/mol. The van der Waals surface area contributed by atoms with Gasteiger partial charge in [-0.1, -0.05) is 6.92 Å². The van der Waals surface area contributed by atoms with Crippen molar-refractivity contribution in [3.8, 4) is 0 Å². The average molecular weight is 245 g/mol. The molecule has 0 spiro atoms. The Morgan fingerprint density at radius 1 is 1.35 bits per heavy atom. The zero-order valence-corrected chi connectivity index (χ0v) is 10.5. The molecule has 0 aliphatic rings. The van der Waals surface area contributed by atoms with Crippen LogP contribution in [0.15, 0.2) is 0 Å². The third-order valence-corrected chi connectivity index (χ3v) is 2.62. The van der Waals surface area contributed by atoms with Crippen molar-refractivity contribution in [1.29, 1.82) is 0 Å². The fraction of sp³-hybridized carbons (Fsp3) is 0.700. The summed E-state index contributed by atoms with van der Waals surface area (Å²) in [6.07, 6.45) is 0.378. The highest BCUT2D eigenvalue weighted by molar-refractivity contribution is 5.96. The fourth-order valence-corrected chi connectivity index (χ4v) is 1.37. The largest absolute Gasteiger partial charge is 0.480 e. The second kappa shape index (κ2) is 6.85. The lowest BCUT2D eigenvalue weighted by molar-refractivity contribution is -0.144. The van der Waals surface area contributed by atoms with Crippen molar-refractivity contribution in [1.82, 2.24) is 15.5 Å². The van der Waals surface area contributed by atoms with Gasteiger partial charge >= 0.3 is 12.0 Å². The number of carboxylic acids is 1. The summed E-state index contributed by atoms with van der Waals surface area (Å²) in [5, 5.41) is 13.3. The number of urea groups is 1. The van der Waals surface area contributed by atoms with E-state index in [-0.39, 0.29) is 0 Å². The molecule has 2 atom stereocenters. The number of rotatable bonds is 5. The number of imide groups is 1. The molecule has 98 valence electrons. The van der Waals surface area contributed by atoms with E-state index >= 15 is 0 Å². The van der Waals surface area contributed by atoms with Crippen molar-refractivity contribution in [2.75, 3.05) is 14.1 Å². The van der Waals surface area contributed by atoms with Crippen LogP contribution in [0, 0.1) is 0 Å². The molecule has 0 aromatic heterocycles. The van der Waals surface area contributed by atoms with Gasteiger partial charge in [-0.2, -0.15) is 0 Å². The van der Waals surface area contributed by atoms with Crippen LogP contribution in [0.25, 0.3) is 0 Å². The highest BCUT2D eigenvalue weighted by atomic mass is 16.4. The van der Waals surface area contributed by atoms with Crippen LogP contribution in [-0.2, 0) is 9.59 Å². The highest BCUT2D eigenvalue weighted by Crippen LogP contribution is 2.07. The van der Waals surface area contributed by atoms with Gasteiger partial charge in [0.25, 0.3) is 0 Å². The monoisotopic (exact) mass is 245 g/mol. The summed E-state index contributed by atoms with van der Waals surface area (Å²) < 4.78 is 0. The molecule has 3 amide bonds. The zero-order chi connectivity index (χ0) is 13.6. The Bertz CT molecular complexity index is 306. The molecule has 7 heteroatoms. The highest BCUT2D eigenvalue weighted by Gasteiger charge is 2.28. The molecule has 0 bridgehead atoms. The molecule has 0 aromatic rings. The molecule has 0 heterocycles. The number of likely N-dealkylation sites (N-methyl/N-ethyl adjacent to an activating group) is 1. The van der Waals surface area contributed by atoms with Crippen LogP contribution < -0.4 is 10.6 Å². The first-order chi connectivity index (χ1) is 7.84. The van der Waals surface area contributed by atoms with Gasteiger partial charge in [0.2, 0.25) is 5.91 Å². The number of nitrogens with zero attached hydrogens (tertiary/aromatic N) is 1. The number of carboxylic acid groups (broad SMARTS) is 1. The normalized spacial score (nSPS) is 13.9. The molecule has 0 rings (SSSR count). The summed E-state index contributed by atoms with van der Waals surface area (Å²) in [6.45, 7) is 3.27. The molecule has 2 unspecified atom stereocenters. The Labute approximate surface area is 100 Å². The van der Waals surface area contributed by atoms with E-state index in [9.17, 15) is 14.4 Å². The van der Waals surface area contributed by atoms with E-state index in [0.717, 1.165) is 0 Å². The minimum absolute atomic E-state index is 0.378. The first-order valence-corrected chi connectivity index (χ1v) is 5.32. The second-order valence-electron chi connectivity index (χ2n) is 3.67. The lowest BCUT2D eigenvalue weighted by Gasteiger charge is -2.28. The average Bonchev–Trinajstić information content (AvgIpc) is 2.27. The maximum atomic E-state index is 11.6. The van der Waals surface area contributed by atoms with Crippen LogP contribution in [0.3, 0.4) is 0 Å². The van der Waals surface area contributed by atoms with Gasteiger partial charge in [-0.3, -0.25) is 19.8 Å². The van der Waals surface area contributed by atoms with Crippen molar-refractivity contribution >= 4 is 17.9 Å². The molecule has 0 aliphatic carbocycles. The van der Waals surface area contributed by atoms with E-state index in [2.05, 4.69) is 10.6 Å². The van der Waals surface area contributed by atoms with Gasteiger partial charge in [0, 0.05) is 7.05 Å². The summed E-state index contributed by atoms with van der Waals surface area (Å²) in [6, 6.07) is -2.06. The van der Waals surface area contributed by atoms with E-state index in [0.29, 0.717) is 6.42 Å². The zero-order valence-electron chi connectivity index (χ0n) is 10.5. The van der Waals surface area contributed by atoms with Crippen LogP contribution >= 0.6 is 0 Å². The topological polar surface area (TPSA) is 98.7 Å². The van der Waals surface area contributed by atoms with Crippen LogP contribution in [0.4, 0.5) is 4.79 Å². The molecule has 0 aromatic carbocycles. The number of carbonyl (C=O) groups is 3. The van der Waals surface area contributed by atoms with Gasteiger partial charge in [0.15, 0.2) is 0 Å². The molecular formula is C10H19N3O4. The SMILES string of the molecule is CCC(C(=O)O)N(C)C(C)C(=O)NC(=O)NC. The van der Waals surface area contributed by atoms with E-state index in [1.165, 1.54) is 19.0 Å². The standard InChI is InChI=1S/C10H19N3O4/c1-5-7(9(15)16)13(4)6(2)8(14)12-10(17)11-3/h6-7H,5H2,1-4H3,(H,15,16)(H2,11,12,14,17). The molecule has 3 N–H and O–H groups in total. The predicted octanol–water partition coefficient (Wildman–Crippen LogP) is -0.374. The third kappa shape index (κ3) is 4.39. The van der Waals surface area contributed by atoms with Crippen LogP contribution in [0.1, 0.15) is 20.3 Å². The van der Waals surface area contributed by atoms with Crippen molar-refractivity contribution < 1.29 is 19.5 Å². The Balaban J connectivity index is 4.57. The second-order valence-corrected chi connectivity index (χ2v) is 3.67. The molecule has 7 nitrogen and oxygen atoms in total. The minimum Gasteiger partial charge on any atom is -0.480 e. The summed E-state index contributed by atoms with van der Waals surface area (Å²) in [7, 11) is 2.93. The van der Waals surface area contributed by atoms with E-state index < -0.39 is 30.0 Å². The van der Waals surface area contributed by atoms with Crippen LogP contribution in [0.2, 0.25) is 0 Å². The molecule has 0 fully saturated rings. The number of aliphatic carboxylic acids is 1. The van der Waals surface area contributed by atoms with Crippen molar-refractivity contribution in [3.05, 3.63) is 0 Å². The smallest absolute Gasteiger partial charge is 0.321 e. The van der Waals surface area contributed by atoms with Crippen LogP contribution in [0.5, 0.6) is 0 Å². The van der Waals surface area contributed by atoms with E-state index in [1.54, 1.807) is 13.8 Å². The number of amides is 3. The van der Waals surface area contributed by atoms with E-state index in [4.69, 9.17) is 5.11 Å². The molecule has 0 saturated heterocycles. The van der Waals surface area contributed by atoms with Gasteiger partial charge in [-0.25, -0.2) is 4.79 Å². The van der Waals surface area contributed by atoms with E-state index in [1.807, 2.05) is 0 Å². The number of hydrogen-bond donors (Lipinski definition) is 3. The number of nitrogens with one attached hydrogen (secondary N) is 2. The quantitative estimate of drug-likeness (QED) is 0.613. The number of carbonyl (C=O) groups excluding carboxylic acids is 2. The third-order valence-electron chi connectivity index (χ3n) is 2.62. The van der Waals surface area contributed by atoms with Crippen molar-refractivity contribution in [2.24, 2.45) is 0 Å². The number of hydrogen-bond acceptors (Lipinski definition) is 4. The predicted molar refractivity (Wildman–Crippen MR) is 61.5 cm³/mol. The molecule has 0 saturated carbocycles. The Morgan fingerprint density at radius 2 is 1.88 bits per heavy atom. The molecule has 17 heavy (non-hydrogen) atoms. The van der Waals surface area contributed by atoms with Crippen LogP contribution in [-0.4, -0.2) is 54.1 Å². The van der Waals surface area contributed by atoms with Gasteiger partial charge in [-0.15, -0.1) is 0 Å². The first-order valence-electron chi connectivity index (χ1n) is 5.32. The van der Waals surface area contributed by atoms with Gasteiger partial charge in [0.05, 0.1) is 6.04 Å². The van der Waals surface area contributed by atoms with Crippen molar-refractivity contribution in [2.45, 2.75) is 32.4 Å². The summed E-state index contributed by atoms with van der Waals surface area (Å²) in [5.41, 5.74) is 0.